The minimum absolute atomic E-state index is 0.0557. The van der Waals surface area contributed by atoms with Crippen LogP contribution in [-0.4, -0.2) is 35.0 Å². The van der Waals surface area contributed by atoms with Crippen molar-refractivity contribution in [3.8, 4) is 0 Å². The summed E-state index contributed by atoms with van der Waals surface area (Å²) in [7, 11) is 0. The Labute approximate surface area is 83.2 Å². The van der Waals surface area contributed by atoms with Crippen LogP contribution in [0.15, 0.2) is 12.7 Å². The predicted molar refractivity (Wildman–Crippen MR) is 51.7 cm³/mol. The number of hydrogen-bond acceptors (Lipinski definition) is 2. The molecule has 0 radical (unpaired) electrons. The summed E-state index contributed by atoms with van der Waals surface area (Å²) in [6.07, 6.45) is 2.14. The fraction of sp³-hybridized carbons (Fsp3) is 0.600. The third kappa shape index (κ3) is 2.13. The highest BCUT2D eigenvalue weighted by Gasteiger charge is 2.49. The summed E-state index contributed by atoms with van der Waals surface area (Å²) in [4.78, 5) is 23.8. The monoisotopic (exact) mass is 197 g/mol. The summed E-state index contributed by atoms with van der Waals surface area (Å²) in [5.41, 5.74) is 0. The Morgan fingerprint density at radius 2 is 2.21 bits per heavy atom. The molecule has 1 N–H and O–H groups in total. The first kappa shape index (κ1) is 10.8. The van der Waals surface area contributed by atoms with Crippen LogP contribution in [0.3, 0.4) is 0 Å². The molecule has 0 aromatic carbocycles. The van der Waals surface area contributed by atoms with E-state index in [0.717, 1.165) is 0 Å². The molecule has 0 bridgehead atoms. The molecule has 0 spiro atoms. The zero-order valence-corrected chi connectivity index (χ0v) is 8.27. The van der Waals surface area contributed by atoms with E-state index in [1.54, 1.807) is 11.0 Å². The zero-order chi connectivity index (χ0) is 10.7. The van der Waals surface area contributed by atoms with Gasteiger partial charge in [0.15, 0.2) is 0 Å². The number of amides is 1. The molecule has 4 nitrogen and oxygen atoms in total. The number of carbonyl (C=O) groups is 2. The molecule has 4 heteroatoms. The van der Waals surface area contributed by atoms with Gasteiger partial charge in [0.25, 0.3) is 0 Å². The summed E-state index contributed by atoms with van der Waals surface area (Å²) in [5.74, 6) is -1.67. The Morgan fingerprint density at radius 3 is 2.57 bits per heavy atom. The Kier molecular flexibility index (Phi) is 3.28. The maximum atomic E-state index is 11.7. The van der Waals surface area contributed by atoms with Crippen LogP contribution in [0.5, 0.6) is 0 Å². The van der Waals surface area contributed by atoms with Crippen molar-refractivity contribution >= 4 is 11.9 Å². The molecule has 1 aliphatic rings. The van der Waals surface area contributed by atoms with E-state index < -0.39 is 11.9 Å². The number of hydrogen-bond donors (Lipinski definition) is 1. The van der Waals surface area contributed by atoms with Crippen molar-refractivity contribution < 1.29 is 14.7 Å². The van der Waals surface area contributed by atoms with E-state index in [1.165, 1.54) is 0 Å². The number of rotatable bonds is 5. The van der Waals surface area contributed by atoms with Crippen LogP contribution >= 0.6 is 0 Å². The summed E-state index contributed by atoms with van der Waals surface area (Å²) >= 11 is 0. The predicted octanol–water partition coefficient (Wildman–Crippen LogP) is 0.742. The Bertz CT molecular complexity index is 262. The molecular formula is C10H15NO3. The third-order valence-electron chi connectivity index (χ3n) is 2.47. The minimum Gasteiger partial charge on any atom is -0.481 e. The van der Waals surface area contributed by atoms with Gasteiger partial charge < -0.3 is 10.0 Å². The molecule has 1 fully saturated rings. The molecule has 1 saturated carbocycles. The van der Waals surface area contributed by atoms with Crippen LogP contribution in [0.25, 0.3) is 0 Å². The average Bonchev–Trinajstić information content (AvgIpc) is 2.92. The molecule has 0 heterocycles. The van der Waals surface area contributed by atoms with E-state index in [0.29, 0.717) is 19.5 Å². The Morgan fingerprint density at radius 1 is 1.57 bits per heavy atom. The van der Waals surface area contributed by atoms with Gasteiger partial charge in [0, 0.05) is 13.1 Å². The Hall–Kier alpha value is -1.32. The standard InChI is InChI=1S/C10H15NO3/c1-3-5-11(4-2)9(12)7-6-8(7)10(13)14/h3,7-8H,1,4-6H2,2H3,(H,13,14)/t7-,8+/m1/s1. The van der Waals surface area contributed by atoms with Gasteiger partial charge in [0.05, 0.1) is 11.8 Å². The van der Waals surface area contributed by atoms with Crippen molar-refractivity contribution in [2.24, 2.45) is 11.8 Å². The first-order valence-corrected chi connectivity index (χ1v) is 4.74. The quantitative estimate of drug-likeness (QED) is 0.661. The number of nitrogens with zero attached hydrogens (tertiary/aromatic N) is 1. The van der Waals surface area contributed by atoms with Crippen molar-refractivity contribution in [2.45, 2.75) is 13.3 Å². The van der Waals surface area contributed by atoms with Crippen LogP contribution in [0.1, 0.15) is 13.3 Å². The van der Waals surface area contributed by atoms with Gasteiger partial charge in [-0.25, -0.2) is 0 Å². The lowest BCUT2D eigenvalue weighted by Gasteiger charge is -2.18. The minimum atomic E-state index is -0.863. The maximum Gasteiger partial charge on any atom is 0.307 e. The maximum absolute atomic E-state index is 11.7. The topological polar surface area (TPSA) is 57.6 Å². The summed E-state index contributed by atoms with van der Waals surface area (Å²) in [6, 6.07) is 0. The van der Waals surface area contributed by atoms with Crippen LogP contribution in [0.2, 0.25) is 0 Å². The van der Waals surface area contributed by atoms with E-state index in [1.807, 2.05) is 6.92 Å². The Balaban J connectivity index is 2.49. The van der Waals surface area contributed by atoms with Crippen molar-refractivity contribution in [2.75, 3.05) is 13.1 Å². The van der Waals surface area contributed by atoms with Gasteiger partial charge in [-0.2, -0.15) is 0 Å². The molecule has 0 saturated heterocycles. The summed E-state index contributed by atoms with van der Waals surface area (Å²) in [5, 5.41) is 8.67. The molecule has 2 atom stereocenters. The normalized spacial score (nSPS) is 24.1. The molecule has 0 aromatic rings. The SMILES string of the molecule is C=CCN(CC)C(=O)[C@@H]1C[C@@H]1C(=O)O. The van der Waals surface area contributed by atoms with E-state index in [9.17, 15) is 9.59 Å². The van der Waals surface area contributed by atoms with Gasteiger partial charge >= 0.3 is 5.97 Å². The number of likely N-dealkylation sites (N-methyl/N-ethyl adjacent to an activating group) is 1. The first-order valence-electron chi connectivity index (χ1n) is 4.74. The number of carboxylic acids is 1. The molecule has 1 rings (SSSR count). The van der Waals surface area contributed by atoms with E-state index >= 15 is 0 Å². The smallest absolute Gasteiger partial charge is 0.307 e. The number of carbonyl (C=O) groups excluding carboxylic acids is 1. The second-order valence-electron chi connectivity index (χ2n) is 3.45. The van der Waals surface area contributed by atoms with Crippen LogP contribution < -0.4 is 0 Å². The lowest BCUT2D eigenvalue weighted by Crippen LogP contribution is -2.33. The lowest BCUT2D eigenvalue weighted by atomic mass is 10.2. The molecule has 0 aromatic heterocycles. The second kappa shape index (κ2) is 4.26. The van der Waals surface area contributed by atoms with Crippen molar-refractivity contribution in [1.29, 1.82) is 0 Å². The van der Waals surface area contributed by atoms with Gasteiger partial charge in [-0.15, -0.1) is 6.58 Å². The van der Waals surface area contributed by atoms with Crippen LogP contribution in [-0.2, 0) is 9.59 Å². The van der Waals surface area contributed by atoms with Gasteiger partial charge in [0.1, 0.15) is 0 Å². The fourth-order valence-electron chi connectivity index (χ4n) is 1.51. The molecule has 0 aliphatic heterocycles. The third-order valence-corrected chi connectivity index (χ3v) is 2.47. The summed E-state index contributed by atoms with van der Waals surface area (Å²) < 4.78 is 0. The van der Waals surface area contributed by atoms with Crippen molar-refractivity contribution in [3.63, 3.8) is 0 Å². The molecule has 0 unspecified atom stereocenters. The number of carboxylic acid groups (broad SMARTS) is 1. The number of aliphatic carboxylic acids is 1. The highest BCUT2D eigenvalue weighted by atomic mass is 16.4. The molecule has 78 valence electrons. The van der Waals surface area contributed by atoms with Gasteiger partial charge in [0.2, 0.25) is 5.91 Å². The van der Waals surface area contributed by atoms with Gasteiger partial charge in [-0.3, -0.25) is 9.59 Å². The van der Waals surface area contributed by atoms with Gasteiger partial charge in [-0.1, -0.05) is 6.08 Å². The largest absolute Gasteiger partial charge is 0.481 e. The second-order valence-corrected chi connectivity index (χ2v) is 3.45. The van der Waals surface area contributed by atoms with E-state index in [-0.39, 0.29) is 11.8 Å². The fourth-order valence-corrected chi connectivity index (χ4v) is 1.51. The zero-order valence-electron chi connectivity index (χ0n) is 8.27. The van der Waals surface area contributed by atoms with Crippen LogP contribution in [0.4, 0.5) is 0 Å². The summed E-state index contributed by atoms with van der Waals surface area (Å²) in [6.45, 7) is 6.53. The molecule has 14 heavy (non-hydrogen) atoms. The lowest BCUT2D eigenvalue weighted by molar-refractivity contribution is -0.141. The first-order chi connectivity index (χ1) is 6.61. The molecular weight excluding hydrogens is 182 g/mol. The van der Waals surface area contributed by atoms with Crippen molar-refractivity contribution in [3.05, 3.63) is 12.7 Å². The highest BCUT2D eigenvalue weighted by molar-refractivity contribution is 5.89. The average molecular weight is 197 g/mol. The van der Waals surface area contributed by atoms with Gasteiger partial charge in [-0.05, 0) is 13.3 Å². The van der Waals surface area contributed by atoms with Crippen molar-refractivity contribution in [1.82, 2.24) is 4.90 Å². The molecule has 1 amide bonds. The van der Waals surface area contributed by atoms with E-state index in [4.69, 9.17) is 5.11 Å². The van der Waals surface area contributed by atoms with Crippen LogP contribution in [0, 0.1) is 11.8 Å². The van der Waals surface area contributed by atoms with E-state index in [2.05, 4.69) is 6.58 Å². The highest BCUT2D eigenvalue weighted by Crippen LogP contribution is 2.39. The molecule has 1 aliphatic carbocycles.